The molecule has 142 valence electrons. The molecule has 0 saturated carbocycles. The number of nitrogens with one attached hydrogen (secondary N) is 1. The summed E-state index contributed by atoms with van der Waals surface area (Å²) in [6.45, 7) is 2.53. The number of benzene rings is 1. The summed E-state index contributed by atoms with van der Waals surface area (Å²) in [5.41, 5.74) is -1.30. The summed E-state index contributed by atoms with van der Waals surface area (Å²) in [5.74, 6) is -2.61. The highest BCUT2D eigenvalue weighted by Gasteiger charge is 2.51. The number of hydrogen-bond donors (Lipinski definition) is 1. The first kappa shape index (κ1) is 20.7. The second kappa shape index (κ2) is 7.98. The molecule has 0 bridgehead atoms. The van der Waals surface area contributed by atoms with Crippen LogP contribution in [0, 0.1) is 0 Å². The highest BCUT2D eigenvalue weighted by molar-refractivity contribution is 9.09. The van der Waals surface area contributed by atoms with Crippen molar-refractivity contribution in [2.45, 2.75) is 25.9 Å². The number of esters is 1. The van der Waals surface area contributed by atoms with Gasteiger partial charge in [0.15, 0.2) is 0 Å². The van der Waals surface area contributed by atoms with E-state index in [1.54, 1.807) is 24.3 Å². The van der Waals surface area contributed by atoms with Gasteiger partial charge in [-0.2, -0.15) is 0 Å². The van der Waals surface area contributed by atoms with Crippen LogP contribution < -0.4 is 4.72 Å². The van der Waals surface area contributed by atoms with Gasteiger partial charge in [0.05, 0.1) is 5.75 Å². The first-order chi connectivity index (χ1) is 12.1. The molecule has 1 unspecified atom stereocenters. The van der Waals surface area contributed by atoms with Gasteiger partial charge in [-0.15, -0.1) is 0 Å². The van der Waals surface area contributed by atoms with Crippen molar-refractivity contribution in [1.29, 1.82) is 0 Å². The maximum Gasteiger partial charge on any atom is 0.308 e. The van der Waals surface area contributed by atoms with Crippen molar-refractivity contribution in [1.82, 2.24) is 4.72 Å². The van der Waals surface area contributed by atoms with Gasteiger partial charge in [0, 0.05) is 22.8 Å². The lowest BCUT2D eigenvalue weighted by atomic mass is 9.91. The molecule has 26 heavy (non-hydrogen) atoms. The van der Waals surface area contributed by atoms with E-state index < -0.39 is 39.0 Å². The van der Waals surface area contributed by atoms with Gasteiger partial charge in [-0.05, 0) is 19.4 Å². The molecular formula is C16H17BrClNO6S. The first-order valence-electron chi connectivity index (χ1n) is 7.58. The highest BCUT2D eigenvalue weighted by atomic mass is 79.9. The maximum atomic E-state index is 12.9. The van der Waals surface area contributed by atoms with Gasteiger partial charge in [-0.1, -0.05) is 45.7 Å². The fourth-order valence-electron chi connectivity index (χ4n) is 2.38. The van der Waals surface area contributed by atoms with E-state index in [0.29, 0.717) is 17.3 Å². The predicted octanol–water partition coefficient (Wildman–Crippen LogP) is 2.59. The van der Waals surface area contributed by atoms with Crippen LogP contribution in [0.1, 0.15) is 25.8 Å². The van der Waals surface area contributed by atoms with Gasteiger partial charge in [-0.25, -0.2) is 8.42 Å². The maximum absolute atomic E-state index is 12.9. The number of Topliss-reactive ketones (excluding diaryl/α,β-unsaturated/α-hetero) is 1. The van der Waals surface area contributed by atoms with Crippen molar-refractivity contribution in [3.8, 4) is 0 Å². The Kier molecular flexibility index (Phi) is 6.36. The Balaban J connectivity index is 2.43. The zero-order chi connectivity index (χ0) is 19.5. The van der Waals surface area contributed by atoms with E-state index in [0.717, 1.165) is 6.92 Å². The van der Waals surface area contributed by atoms with E-state index in [2.05, 4.69) is 20.7 Å². The summed E-state index contributed by atoms with van der Waals surface area (Å²) in [6, 6.07) is 6.49. The van der Waals surface area contributed by atoms with Crippen molar-refractivity contribution in [3.63, 3.8) is 0 Å². The van der Waals surface area contributed by atoms with Gasteiger partial charge in [-0.3, -0.25) is 14.3 Å². The van der Waals surface area contributed by atoms with Crippen LogP contribution >= 0.6 is 27.5 Å². The molecular weight excluding hydrogens is 450 g/mol. The normalized spacial score (nSPS) is 20.1. The van der Waals surface area contributed by atoms with Crippen LogP contribution in [-0.4, -0.2) is 31.3 Å². The molecule has 10 heteroatoms. The topological polar surface area (TPSA) is 98.8 Å². The number of hydrogen-bond acceptors (Lipinski definition) is 6. The van der Waals surface area contributed by atoms with Crippen LogP contribution in [0.4, 0.5) is 0 Å². The molecule has 1 aromatic rings. The molecule has 0 spiro atoms. The Morgan fingerprint density at radius 2 is 2.04 bits per heavy atom. The Bertz CT molecular complexity index is 869. The molecule has 1 N–H and O–H groups in total. The van der Waals surface area contributed by atoms with Gasteiger partial charge in [0.2, 0.25) is 27.3 Å². The lowest BCUT2D eigenvalue weighted by Gasteiger charge is -2.24. The largest absolute Gasteiger partial charge is 0.456 e. The number of ether oxygens (including phenoxy) is 2. The fourth-order valence-corrected chi connectivity index (χ4v) is 4.39. The van der Waals surface area contributed by atoms with Crippen molar-refractivity contribution in [2.75, 3.05) is 11.1 Å². The molecule has 1 heterocycles. The Labute approximate surface area is 164 Å². The van der Waals surface area contributed by atoms with Crippen molar-refractivity contribution >= 4 is 49.3 Å². The molecule has 0 amide bonds. The predicted molar refractivity (Wildman–Crippen MR) is 99.0 cm³/mol. The zero-order valence-electron chi connectivity index (χ0n) is 14.0. The molecule has 0 aliphatic carbocycles. The molecule has 0 saturated heterocycles. The number of carbonyl (C=O) groups is 2. The summed E-state index contributed by atoms with van der Waals surface area (Å²) in [5, 5.41) is 0.745. The number of alkyl halides is 1. The minimum atomic E-state index is -3.80. The number of carbonyl (C=O) groups excluding carboxylic acids is 2. The van der Waals surface area contributed by atoms with E-state index in [1.165, 1.54) is 6.92 Å². The number of sulfonamides is 1. The minimum absolute atomic E-state index is 0.199. The summed E-state index contributed by atoms with van der Waals surface area (Å²) in [4.78, 5) is 24.2. The Hall–Kier alpha value is -1.58. The number of rotatable bonds is 7. The van der Waals surface area contributed by atoms with Gasteiger partial charge < -0.3 is 9.47 Å². The van der Waals surface area contributed by atoms with E-state index in [-0.39, 0.29) is 10.8 Å². The molecule has 0 radical (unpaired) electrons. The standard InChI is InChI=1S/C16H17BrClNO6S/c1-10(20)24-13-14(21)16(2,11-6-3-4-7-12(11)18)25-15(13)19-26(22,23)9-5-8-17/h3-4,6-7,19H,5,8-9H2,1-2H3. The summed E-state index contributed by atoms with van der Waals surface area (Å²) >= 11 is 9.31. The molecule has 0 fully saturated rings. The summed E-state index contributed by atoms with van der Waals surface area (Å²) in [6.07, 6.45) is 0.348. The third-order valence-electron chi connectivity index (χ3n) is 3.58. The molecule has 1 aliphatic heterocycles. The lowest BCUT2D eigenvalue weighted by molar-refractivity contribution is -0.142. The van der Waals surface area contributed by atoms with Gasteiger partial charge in [0.1, 0.15) is 0 Å². The average Bonchev–Trinajstić information content (AvgIpc) is 2.77. The SMILES string of the molecule is CC(=O)OC1=C(NS(=O)(=O)CCCBr)OC(C)(c2ccccc2Cl)C1=O. The second-order valence-electron chi connectivity index (χ2n) is 5.66. The molecule has 7 nitrogen and oxygen atoms in total. The van der Waals surface area contributed by atoms with Crippen LogP contribution in [0.2, 0.25) is 5.02 Å². The Morgan fingerprint density at radius 3 is 2.62 bits per heavy atom. The highest BCUT2D eigenvalue weighted by Crippen LogP contribution is 2.41. The smallest absolute Gasteiger partial charge is 0.308 e. The summed E-state index contributed by atoms with van der Waals surface area (Å²) < 4.78 is 37.1. The van der Waals surface area contributed by atoms with Crippen LogP contribution in [0.25, 0.3) is 0 Å². The summed E-state index contributed by atoms with van der Waals surface area (Å²) in [7, 11) is -3.80. The molecule has 1 aromatic carbocycles. The number of ketones is 1. The van der Waals surface area contributed by atoms with Crippen LogP contribution in [-0.2, 0) is 34.7 Å². The van der Waals surface area contributed by atoms with Crippen molar-refractivity contribution in [2.24, 2.45) is 0 Å². The minimum Gasteiger partial charge on any atom is -0.456 e. The Morgan fingerprint density at radius 1 is 1.38 bits per heavy atom. The average molecular weight is 467 g/mol. The lowest BCUT2D eigenvalue weighted by Crippen LogP contribution is -2.33. The molecule has 0 aromatic heterocycles. The van der Waals surface area contributed by atoms with E-state index in [1.807, 2.05) is 0 Å². The van der Waals surface area contributed by atoms with Gasteiger partial charge >= 0.3 is 5.97 Å². The van der Waals surface area contributed by atoms with Crippen LogP contribution in [0.5, 0.6) is 0 Å². The molecule has 1 atom stereocenters. The zero-order valence-corrected chi connectivity index (χ0v) is 17.2. The fraction of sp³-hybridized carbons (Fsp3) is 0.375. The van der Waals surface area contributed by atoms with Crippen LogP contribution in [0.15, 0.2) is 35.9 Å². The van der Waals surface area contributed by atoms with E-state index in [4.69, 9.17) is 21.1 Å². The van der Waals surface area contributed by atoms with Gasteiger partial charge in [0.25, 0.3) is 5.78 Å². The molecule has 1 aliphatic rings. The third kappa shape index (κ3) is 4.39. The third-order valence-corrected chi connectivity index (χ3v) is 5.79. The van der Waals surface area contributed by atoms with E-state index in [9.17, 15) is 18.0 Å². The monoisotopic (exact) mass is 465 g/mol. The second-order valence-corrected chi connectivity index (χ2v) is 8.70. The molecule has 2 rings (SSSR count). The first-order valence-corrected chi connectivity index (χ1v) is 10.7. The van der Waals surface area contributed by atoms with Crippen molar-refractivity contribution < 1.29 is 27.5 Å². The van der Waals surface area contributed by atoms with Crippen LogP contribution in [0.3, 0.4) is 0 Å². The quantitative estimate of drug-likeness (QED) is 0.490. The van der Waals surface area contributed by atoms with Crippen molar-refractivity contribution in [3.05, 3.63) is 46.5 Å². The van der Waals surface area contributed by atoms with E-state index >= 15 is 0 Å². The number of halogens is 2.